The van der Waals surface area contributed by atoms with Crippen LogP contribution in [0, 0.1) is 0 Å². The molecule has 120 valence electrons. The minimum atomic E-state index is -0.950. The second kappa shape index (κ2) is 5.92. The van der Waals surface area contributed by atoms with Gasteiger partial charge in [0.2, 0.25) is 6.41 Å². The molecule has 2 atom stereocenters. The summed E-state index contributed by atoms with van der Waals surface area (Å²) >= 11 is 0. The first-order valence-electron chi connectivity index (χ1n) is 7.44. The monoisotopic (exact) mass is 306 g/mol. The standard InChI is InChI=1S/C15H22N4O3/c1-15(2,3)22-14(20)19-7-8-21-11(9-19)13-17-10-5-4-6-16-12(10)18-13/h4-6,11,14,20H,7-9H2,1-3H3,(H,16,17,18)/t11-,14?/m0/s1. The normalized spacial score (nSPS) is 22.1. The second-order valence-electron chi connectivity index (χ2n) is 6.40. The van der Waals surface area contributed by atoms with Crippen molar-refractivity contribution in [1.82, 2.24) is 19.9 Å². The zero-order chi connectivity index (χ0) is 15.7. The fourth-order valence-electron chi connectivity index (χ4n) is 2.44. The van der Waals surface area contributed by atoms with Gasteiger partial charge in [0.05, 0.1) is 12.2 Å². The van der Waals surface area contributed by atoms with E-state index in [0.29, 0.717) is 19.7 Å². The number of aliphatic hydroxyl groups is 1. The van der Waals surface area contributed by atoms with E-state index in [-0.39, 0.29) is 6.10 Å². The number of nitrogens with zero attached hydrogens (tertiary/aromatic N) is 3. The molecule has 2 N–H and O–H groups in total. The third-order valence-electron chi connectivity index (χ3n) is 3.45. The Morgan fingerprint density at radius 1 is 1.50 bits per heavy atom. The van der Waals surface area contributed by atoms with Crippen molar-refractivity contribution in [3.63, 3.8) is 0 Å². The molecule has 1 unspecified atom stereocenters. The van der Waals surface area contributed by atoms with E-state index < -0.39 is 12.0 Å². The molecular weight excluding hydrogens is 284 g/mol. The number of morpholine rings is 1. The van der Waals surface area contributed by atoms with Gasteiger partial charge < -0.3 is 19.6 Å². The molecule has 0 aliphatic carbocycles. The molecule has 0 saturated carbocycles. The average molecular weight is 306 g/mol. The van der Waals surface area contributed by atoms with E-state index in [2.05, 4.69) is 15.0 Å². The van der Waals surface area contributed by atoms with Crippen molar-refractivity contribution in [3.8, 4) is 0 Å². The van der Waals surface area contributed by atoms with Gasteiger partial charge in [0.25, 0.3) is 0 Å². The van der Waals surface area contributed by atoms with Gasteiger partial charge in [-0.15, -0.1) is 0 Å². The summed E-state index contributed by atoms with van der Waals surface area (Å²) in [5.74, 6) is 0.723. The summed E-state index contributed by atoms with van der Waals surface area (Å²) < 4.78 is 11.4. The lowest BCUT2D eigenvalue weighted by atomic mass is 10.2. The van der Waals surface area contributed by atoms with Crippen molar-refractivity contribution in [2.45, 2.75) is 38.9 Å². The number of H-pyrrole nitrogens is 1. The van der Waals surface area contributed by atoms with Crippen LogP contribution in [0.25, 0.3) is 11.2 Å². The van der Waals surface area contributed by atoms with E-state index in [1.165, 1.54) is 0 Å². The molecule has 22 heavy (non-hydrogen) atoms. The highest BCUT2D eigenvalue weighted by atomic mass is 16.6. The first-order chi connectivity index (χ1) is 10.4. The Hall–Kier alpha value is -1.54. The number of pyridine rings is 1. The molecule has 3 heterocycles. The van der Waals surface area contributed by atoms with Gasteiger partial charge in [0, 0.05) is 19.3 Å². The highest BCUT2D eigenvalue weighted by Gasteiger charge is 2.30. The lowest BCUT2D eigenvalue weighted by Crippen LogP contribution is -2.48. The molecule has 2 aromatic rings. The highest BCUT2D eigenvalue weighted by molar-refractivity contribution is 5.69. The van der Waals surface area contributed by atoms with Gasteiger partial charge in [-0.3, -0.25) is 0 Å². The van der Waals surface area contributed by atoms with Crippen molar-refractivity contribution in [1.29, 1.82) is 0 Å². The molecule has 7 nitrogen and oxygen atoms in total. The first-order valence-corrected chi connectivity index (χ1v) is 7.44. The summed E-state index contributed by atoms with van der Waals surface area (Å²) in [6.45, 7) is 7.39. The van der Waals surface area contributed by atoms with Gasteiger partial charge in [0.1, 0.15) is 17.4 Å². The number of aromatic amines is 1. The molecule has 1 aliphatic rings. The third kappa shape index (κ3) is 3.44. The molecule has 7 heteroatoms. The van der Waals surface area contributed by atoms with E-state index in [9.17, 15) is 5.11 Å². The molecule has 1 saturated heterocycles. The summed E-state index contributed by atoms with van der Waals surface area (Å²) in [5, 5.41) is 10.2. The van der Waals surface area contributed by atoms with Crippen LogP contribution in [0.5, 0.6) is 0 Å². The lowest BCUT2D eigenvalue weighted by Gasteiger charge is -2.37. The maximum atomic E-state index is 10.2. The maximum Gasteiger partial charge on any atom is 0.216 e. The number of ether oxygens (including phenoxy) is 2. The maximum absolute atomic E-state index is 10.2. The second-order valence-corrected chi connectivity index (χ2v) is 6.40. The number of nitrogens with one attached hydrogen (secondary N) is 1. The van der Waals surface area contributed by atoms with Gasteiger partial charge >= 0.3 is 0 Å². The molecule has 0 aromatic carbocycles. The SMILES string of the molecule is CC(C)(C)OC(O)N1CCO[C@H](c2nc3cccnc3[nH]2)C1. The van der Waals surface area contributed by atoms with Crippen molar-refractivity contribution >= 4 is 11.2 Å². The van der Waals surface area contributed by atoms with Gasteiger partial charge in [-0.1, -0.05) is 0 Å². The van der Waals surface area contributed by atoms with E-state index in [4.69, 9.17) is 9.47 Å². The van der Waals surface area contributed by atoms with Crippen molar-refractivity contribution < 1.29 is 14.6 Å². The molecule has 0 amide bonds. The van der Waals surface area contributed by atoms with E-state index >= 15 is 0 Å². The van der Waals surface area contributed by atoms with Gasteiger partial charge in [-0.25, -0.2) is 14.9 Å². The zero-order valence-electron chi connectivity index (χ0n) is 13.1. The fourth-order valence-corrected chi connectivity index (χ4v) is 2.44. The van der Waals surface area contributed by atoms with Crippen LogP contribution in [0.15, 0.2) is 18.3 Å². The number of aliphatic hydroxyl groups excluding tert-OH is 1. The van der Waals surface area contributed by atoms with Crippen LogP contribution in [-0.2, 0) is 9.47 Å². The van der Waals surface area contributed by atoms with E-state index in [1.54, 1.807) is 6.20 Å². The average Bonchev–Trinajstić information content (AvgIpc) is 2.89. The zero-order valence-corrected chi connectivity index (χ0v) is 13.1. The molecule has 1 aliphatic heterocycles. The fraction of sp³-hybridized carbons (Fsp3) is 0.600. The van der Waals surface area contributed by atoms with Crippen molar-refractivity contribution in [2.75, 3.05) is 19.7 Å². The van der Waals surface area contributed by atoms with Crippen LogP contribution in [0.4, 0.5) is 0 Å². The topological polar surface area (TPSA) is 83.5 Å². The summed E-state index contributed by atoms with van der Waals surface area (Å²) in [5.41, 5.74) is 1.14. The summed E-state index contributed by atoms with van der Waals surface area (Å²) in [6, 6.07) is 3.75. The summed E-state index contributed by atoms with van der Waals surface area (Å²) in [6.07, 6.45) is 0.536. The Morgan fingerprint density at radius 2 is 2.32 bits per heavy atom. The van der Waals surface area contributed by atoms with Gasteiger partial charge in [-0.05, 0) is 32.9 Å². The smallest absolute Gasteiger partial charge is 0.216 e. The van der Waals surface area contributed by atoms with Crippen LogP contribution in [0.1, 0.15) is 32.7 Å². The Labute approximate surface area is 129 Å². The number of rotatable bonds is 3. The predicted octanol–water partition coefficient (Wildman–Crippen LogP) is 1.42. The number of fused-ring (bicyclic) bond motifs is 1. The van der Waals surface area contributed by atoms with Crippen molar-refractivity contribution in [2.24, 2.45) is 0 Å². The summed E-state index contributed by atoms with van der Waals surface area (Å²) in [4.78, 5) is 13.8. The van der Waals surface area contributed by atoms with Crippen LogP contribution in [0.3, 0.4) is 0 Å². The summed E-state index contributed by atoms with van der Waals surface area (Å²) in [7, 11) is 0. The number of hydrogen-bond donors (Lipinski definition) is 2. The number of aromatic nitrogens is 3. The predicted molar refractivity (Wildman–Crippen MR) is 81.0 cm³/mol. The Morgan fingerprint density at radius 3 is 3.05 bits per heavy atom. The van der Waals surface area contributed by atoms with Crippen molar-refractivity contribution in [3.05, 3.63) is 24.2 Å². The minimum Gasteiger partial charge on any atom is -0.368 e. The Kier molecular flexibility index (Phi) is 4.14. The first kappa shape index (κ1) is 15.4. The largest absolute Gasteiger partial charge is 0.368 e. The molecule has 0 bridgehead atoms. The van der Waals surface area contributed by atoms with Crippen LogP contribution >= 0.6 is 0 Å². The third-order valence-corrected chi connectivity index (χ3v) is 3.45. The molecule has 0 radical (unpaired) electrons. The molecule has 3 rings (SSSR count). The van der Waals surface area contributed by atoms with E-state index in [0.717, 1.165) is 17.0 Å². The number of imidazole rings is 1. The quantitative estimate of drug-likeness (QED) is 0.835. The molecule has 1 fully saturated rings. The molecular formula is C15H22N4O3. The van der Waals surface area contributed by atoms with Crippen LogP contribution in [-0.4, -0.2) is 56.7 Å². The molecule has 0 spiro atoms. The van der Waals surface area contributed by atoms with Gasteiger partial charge in [-0.2, -0.15) is 0 Å². The Balaban J connectivity index is 1.72. The number of hydrogen-bond acceptors (Lipinski definition) is 6. The van der Waals surface area contributed by atoms with E-state index in [1.807, 2.05) is 37.8 Å². The van der Waals surface area contributed by atoms with Crippen LogP contribution in [0.2, 0.25) is 0 Å². The Bertz CT molecular complexity index is 604. The van der Waals surface area contributed by atoms with Gasteiger partial charge in [0.15, 0.2) is 5.65 Å². The molecule has 2 aromatic heterocycles. The highest BCUT2D eigenvalue weighted by Crippen LogP contribution is 2.24. The lowest BCUT2D eigenvalue weighted by molar-refractivity contribution is -0.256. The minimum absolute atomic E-state index is 0.235. The van der Waals surface area contributed by atoms with Crippen LogP contribution < -0.4 is 0 Å².